The maximum atomic E-state index is 9.06. The van der Waals surface area contributed by atoms with Crippen molar-refractivity contribution in [1.29, 1.82) is 5.26 Å². The van der Waals surface area contributed by atoms with Crippen LogP contribution < -0.4 is 0 Å². The molecule has 94 valence electrons. The normalized spacial score (nSPS) is 12.5. The standard InChI is InChI=1S/C13H15N3OS/c1-3-17-9(2)8-16-11-6-4-5-10(7-14)12(11)15-13(16)18/h4-6,9H,3,8H2,1-2H3,(H,15,18). The predicted octanol–water partition coefficient (Wildman–Crippen LogP) is 3.00. The molecule has 1 atom stereocenters. The minimum absolute atomic E-state index is 0.0893. The van der Waals surface area contributed by atoms with Crippen molar-refractivity contribution in [3.05, 3.63) is 28.5 Å². The number of benzene rings is 1. The smallest absolute Gasteiger partial charge is 0.178 e. The number of H-pyrrole nitrogens is 1. The van der Waals surface area contributed by atoms with E-state index in [4.69, 9.17) is 22.2 Å². The molecule has 0 radical (unpaired) electrons. The van der Waals surface area contributed by atoms with Crippen LogP contribution >= 0.6 is 12.2 Å². The molecule has 0 saturated heterocycles. The molecule has 1 aromatic heterocycles. The molecule has 0 aliphatic heterocycles. The van der Waals surface area contributed by atoms with Gasteiger partial charge in [-0.3, -0.25) is 0 Å². The highest BCUT2D eigenvalue weighted by atomic mass is 32.1. The molecule has 0 fully saturated rings. The fourth-order valence-electron chi connectivity index (χ4n) is 2.05. The van der Waals surface area contributed by atoms with E-state index in [1.54, 1.807) is 6.07 Å². The van der Waals surface area contributed by atoms with E-state index in [0.717, 1.165) is 11.0 Å². The second kappa shape index (κ2) is 5.34. The van der Waals surface area contributed by atoms with Gasteiger partial charge in [0.2, 0.25) is 0 Å². The van der Waals surface area contributed by atoms with Gasteiger partial charge in [-0.05, 0) is 38.2 Å². The van der Waals surface area contributed by atoms with Crippen LogP contribution in [0.2, 0.25) is 0 Å². The highest BCUT2D eigenvalue weighted by Gasteiger charge is 2.10. The molecule has 1 N–H and O–H groups in total. The lowest BCUT2D eigenvalue weighted by atomic mass is 10.2. The molecule has 0 saturated carbocycles. The average Bonchev–Trinajstić information content (AvgIpc) is 2.66. The summed E-state index contributed by atoms with van der Waals surface area (Å²) in [5.74, 6) is 0. The molecule has 1 heterocycles. The van der Waals surface area contributed by atoms with E-state index < -0.39 is 0 Å². The Kier molecular flexibility index (Phi) is 3.80. The quantitative estimate of drug-likeness (QED) is 0.861. The number of nitrogens with zero attached hydrogens (tertiary/aromatic N) is 2. The van der Waals surface area contributed by atoms with Crippen LogP contribution in [0.1, 0.15) is 19.4 Å². The largest absolute Gasteiger partial charge is 0.377 e. The first-order valence-electron chi connectivity index (χ1n) is 5.90. The Bertz CT molecular complexity index is 650. The van der Waals surface area contributed by atoms with Crippen molar-refractivity contribution in [3.63, 3.8) is 0 Å². The number of aromatic nitrogens is 2. The van der Waals surface area contributed by atoms with E-state index in [1.807, 2.05) is 30.5 Å². The summed E-state index contributed by atoms with van der Waals surface area (Å²) in [4.78, 5) is 3.09. The van der Waals surface area contributed by atoms with Gasteiger partial charge in [0.15, 0.2) is 4.77 Å². The molecule has 0 bridgehead atoms. The number of nitrogens with one attached hydrogen (secondary N) is 1. The molecule has 0 spiro atoms. The zero-order chi connectivity index (χ0) is 13.1. The van der Waals surface area contributed by atoms with Crippen LogP contribution in [0.4, 0.5) is 0 Å². The van der Waals surface area contributed by atoms with Gasteiger partial charge in [0.1, 0.15) is 6.07 Å². The maximum absolute atomic E-state index is 9.06. The first-order valence-corrected chi connectivity index (χ1v) is 6.31. The Balaban J connectivity index is 2.49. The van der Waals surface area contributed by atoms with Gasteiger partial charge in [-0.25, -0.2) is 0 Å². The Morgan fingerprint density at radius 1 is 1.56 bits per heavy atom. The summed E-state index contributed by atoms with van der Waals surface area (Å²) >= 11 is 5.31. The summed E-state index contributed by atoms with van der Waals surface area (Å²) in [6, 6.07) is 7.77. The van der Waals surface area contributed by atoms with Crippen LogP contribution in [0.5, 0.6) is 0 Å². The number of aromatic amines is 1. The van der Waals surface area contributed by atoms with E-state index in [-0.39, 0.29) is 6.10 Å². The van der Waals surface area contributed by atoms with Gasteiger partial charge in [-0.2, -0.15) is 5.26 Å². The highest BCUT2D eigenvalue weighted by Crippen LogP contribution is 2.18. The molecule has 0 aliphatic rings. The lowest BCUT2D eigenvalue weighted by Crippen LogP contribution is -2.16. The van der Waals surface area contributed by atoms with Crippen LogP contribution in [0, 0.1) is 16.1 Å². The van der Waals surface area contributed by atoms with Gasteiger partial charge in [0.05, 0.1) is 29.2 Å². The molecule has 2 rings (SSSR count). The topological polar surface area (TPSA) is 53.7 Å². The van der Waals surface area contributed by atoms with Crippen molar-refractivity contribution >= 4 is 23.3 Å². The summed E-state index contributed by atoms with van der Waals surface area (Å²) in [7, 11) is 0. The maximum Gasteiger partial charge on any atom is 0.178 e. The van der Waals surface area contributed by atoms with E-state index >= 15 is 0 Å². The van der Waals surface area contributed by atoms with Gasteiger partial charge in [-0.1, -0.05) is 6.07 Å². The van der Waals surface area contributed by atoms with Crippen molar-refractivity contribution in [1.82, 2.24) is 9.55 Å². The molecule has 0 aliphatic carbocycles. The Morgan fingerprint density at radius 2 is 2.33 bits per heavy atom. The zero-order valence-corrected chi connectivity index (χ0v) is 11.3. The van der Waals surface area contributed by atoms with E-state index in [2.05, 4.69) is 11.1 Å². The number of hydrogen-bond donors (Lipinski definition) is 1. The molecule has 4 nitrogen and oxygen atoms in total. The summed E-state index contributed by atoms with van der Waals surface area (Å²) in [6.07, 6.45) is 0.0893. The van der Waals surface area contributed by atoms with Crippen molar-refractivity contribution in [2.45, 2.75) is 26.5 Å². The fourth-order valence-corrected chi connectivity index (χ4v) is 2.32. The summed E-state index contributed by atoms with van der Waals surface area (Å²) in [5.41, 5.74) is 2.36. The lowest BCUT2D eigenvalue weighted by Gasteiger charge is -2.12. The molecule has 18 heavy (non-hydrogen) atoms. The third-order valence-corrected chi connectivity index (χ3v) is 3.14. The number of hydrogen-bond acceptors (Lipinski definition) is 3. The molecule has 0 amide bonds. The van der Waals surface area contributed by atoms with Crippen molar-refractivity contribution in [3.8, 4) is 6.07 Å². The highest BCUT2D eigenvalue weighted by molar-refractivity contribution is 7.71. The number of imidazole rings is 1. The van der Waals surface area contributed by atoms with Crippen LogP contribution in [-0.4, -0.2) is 22.3 Å². The predicted molar refractivity (Wildman–Crippen MR) is 72.9 cm³/mol. The zero-order valence-electron chi connectivity index (χ0n) is 10.4. The fraction of sp³-hybridized carbons (Fsp3) is 0.385. The number of ether oxygens (including phenoxy) is 1. The first kappa shape index (κ1) is 12.8. The van der Waals surface area contributed by atoms with Crippen molar-refractivity contribution in [2.75, 3.05) is 6.61 Å². The van der Waals surface area contributed by atoms with Gasteiger partial charge >= 0.3 is 0 Å². The number of nitriles is 1. The van der Waals surface area contributed by atoms with Crippen LogP contribution in [0.3, 0.4) is 0 Å². The summed E-state index contributed by atoms with van der Waals surface area (Å²) in [6.45, 7) is 5.35. The molecular formula is C13H15N3OS. The molecule has 1 aromatic carbocycles. The third-order valence-electron chi connectivity index (χ3n) is 2.82. The molecule has 2 aromatic rings. The second-order valence-corrected chi connectivity index (χ2v) is 4.50. The van der Waals surface area contributed by atoms with Gasteiger partial charge in [0.25, 0.3) is 0 Å². The number of para-hydroxylation sites is 1. The van der Waals surface area contributed by atoms with Crippen LogP contribution in [0.15, 0.2) is 18.2 Å². The average molecular weight is 261 g/mol. The van der Waals surface area contributed by atoms with Crippen molar-refractivity contribution < 1.29 is 4.74 Å². The molecule has 5 heteroatoms. The molecular weight excluding hydrogens is 246 g/mol. The summed E-state index contributed by atoms with van der Waals surface area (Å²) < 4.78 is 8.13. The Labute approximate surface area is 111 Å². The lowest BCUT2D eigenvalue weighted by molar-refractivity contribution is 0.0645. The molecule has 1 unspecified atom stereocenters. The van der Waals surface area contributed by atoms with E-state index in [1.165, 1.54) is 0 Å². The van der Waals surface area contributed by atoms with Crippen LogP contribution in [0.25, 0.3) is 11.0 Å². The minimum atomic E-state index is 0.0893. The van der Waals surface area contributed by atoms with E-state index in [9.17, 15) is 0 Å². The van der Waals surface area contributed by atoms with Crippen molar-refractivity contribution in [2.24, 2.45) is 0 Å². The van der Waals surface area contributed by atoms with Gasteiger partial charge < -0.3 is 14.3 Å². The number of rotatable bonds is 4. The van der Waals surface area contributed by atoms with E-state index in [0.29, 0.717) is 23.5 Å². The van der Waals surface area contributed by atoms with Crippen LogP contribution in [-0.2, 0) is 11.3 Å². The number of fused-ring (bicyclic) bond motifs is 1. The Hall–Kier alpha value is -1.64. The van der Waals surface area contributed by atoms with Gasteiger partial charge in [0, 0.05) is 6.61 Å². The monoisotopic (exact) mass is 261 g/mol. The van der Waals surface area contributed by atoms with Gasteiger partial charge in [-0.15, -0.1) is 0 Å². The third kappa shape index (κ3) is 2.30. The SMILES string of the molecule is CCOC(C)Cn1c(=S)[nH]c2c(C#N)cccc21. The Morgan fingerprint density at radius 3 is 3.00 bits per heavy atom. The summed E-state index contributed by atoms with van der Waals surface area (Å²) in [5, 5.41) is 9.06. The minimum Gasteiger partial charge on any atom is -0.377 e. The first-order chi connectivity index (χ1) is 8.67. The second-order valence-electron chi connectivity index (χ2n) is 4.12.